The van der Waals surface area contributed by atoms with Crippen molar-refractivity contribution in [3.8, 4) is 28.6 Å². The molecule has 4 N–H and O–H groups in total. The molecule has 38 heavy (non-hydrogen) atoms. The summed E-state index contributed by atoms with van der Waals surface area (Å²) in [4.78, 5) is 13.0. The van der Waals surface area contributed by atoms with Crippen molar-refractivity contribution in [3.05, 3.63) is 54.0 Å². The highest BCUT2D eigenvalue weighted by Crippen LogP contribution is 2.38. The van der Waals surface area contributed by atoms with Crippen LogP contribution in [0.2, 0.25) is 0 Å². The molecule has 9 heteroatoms. The Morgan fingerprint density at radius 2 is 1.89 bits per heavy atom. The lowest BCUT2D eigenvalue weighted by Gasteiger charge is -2.22. The molecule has 5 rings (SSSR count). The van der Waals surface area contributed by atoms with Gasteiger partial charge in [0, 0.05) is 36.3 Å². The summed E-state index contributed by atoms with van der Waals surface area (Å²) >= 11 is 0. The average molecular weight is 517 g/mol. The molecule has 0 radical (unpaired) electrons. The monoisotopic (exact) mass is 516 g/mol. The number of hydrogen-bond donors (Lipinski definition) is 4. The predicted octanol–water partition coefficient (Wildman–Crippen LogP) is 4.56. The first-order valence-corrected chi connectivity index (χ1v) is 13.5. The fourth-order valence-corrected chi connectivity index (χ4v) is 5.34. The van der Waals surface area contributed by atoms with Crippen LogP contribution in [0.15, 0.2) is 42.6 Å². The van der Waals surface area contributed by atoms with Crippen LogP contribution in [0.25, 0.3) is 28.0 Å². The van der Waals surface area contributed by atoms with Gasteiger partial charge in [-0.15, -0.1) is 10.2 Å². The molecule has 1 aliphatic heterocycles. The Bertz CT molecular complexity index is 1450. The lowest BCUT2D eigenvalue weighted by atomic mass is 9.95. The number of amides is 1. The Kier molecular flexibility index (Phi) is 7.37. The number of hydrogen-bond acceptors (Lipinski definition) is 6. The van der Waals surface area contributed by atoms with Gasteiger partial charge < -0.3 is 25.4 Å². The molecular weight excluding hydrogens is 480 g/mol. The maximum atomic E-state index is 13.0. The molecule has 0 saturated carbocycles. The summed E-state index contributed by atoms with van der Waals surface area (Å²) in [5.74, 6) is 0.765. The Morgan fingerprint density at radius 1 is 1.11 bits per heavy atom. The minimum Gasteiger partial charge on any atom is -0.508 e. The number of carbonyl (C=O) groups is 1. The first-order valence-electron chi connectivity index (χ1n) is 13.5. The number of aromatic hydroxyl groups is 2. The molecule has 3 heterocycles. The summed E-state index contributed by atoms with van der Waals surface area (Å²) in [6.45, 7) is 9.39. The molecule has 1 aliphatic rings. The fourth-order valence-electron chi connectivity index (χ4n) is 5.34. The van der Waals surface area contributed by atoms with E-state index < -0.39 is 0 Å². The van der Waals surface area contributed by atoms with E-state index in [1.807, 2.05) is 32.9 Å². The zero-order valence-electron chi connectivity index (χ0n) is 22.2. The Morgan fingerprint density at radius 3 is 2.63 bits per heavy atom. The normalized spacial score (nSPS) is 14.4. The lowest BCUT2D eigenvalue weighted by Crippen LogP contribution is -2.28. The molecule has 200 valence electrons. The summed E-state index contributed by atoms with van der Waals surface area (Å²) in [5, 5.41) is 36.9. The van der Waals surface area contributed by atoms with Crippen molar-refractivity contribution in [1.29, 1.82) is 0 Å². The van der Waals surface area contributed by atoms with Gasteiger partial charge in [-0.05, 0) is 87.0 Å². The summed E-state index contributed by atoms with van der Waals surface area (Å²) in [6, 6.07) is 11.2. The summed E-state index contributed by atoms with van der Waals surface area (Å²) in [5.41, 5.74) is 2.92. The van der Waals surface area contributed by atoms with Crippen molar-refractivity contribution in [2.24, 2.45) is 5.92 Å². The molecule has 4 aromatic rings. The predicted molar refractivity (Wildman–Crippen MR) is 148 cm³/mol. The van der Waals surface area contributed by atoms with E-state index in [1.165, 1.54) is 18.9 Å². The van der Waals surface area contributed by atoms with Crippen molar-refractivity contribution in [3.63, 3.8) is 0 Å². The van der Waals surface area contributed by atoms with E-state index >= 15 is 0 Å². The van der Waals surface area contributed by atoms with Crippen LogP contribution in [0.1, 0.15) is 62.1 Å². The first kappa shape index (κ1) is 25.8. The van der Waals surface area contributed by atoms with Crippen molar-refractivity contribution in [2.45, 2.75) is 52.5 Å². The number of aromatic nitrogens is 4. The van der Waals surface area contributed by atoms with Crippen molar-refractivity contribution in [2.75, 3.05) is 19.6 Å². The Labute approximate surface area is 222 Å². The second-order valence-corrected chi connectivity index (χ2v) is 10.4. The van der Waals surface area contributed by atoms with Gasteiger partial charge in [0.25, 0.3) is 5.91 Å². The van der Waals surface area contributed by atoms with Gasteiger partial charge in [-0.1, -0.05) is 13.8 Å². The second-order valence-electron chi connectivity index (χ2n) is 10.4. The van der Waals surface area contributed by atoms with Gasteiger partial charge in [0.15, 0.2) is 5.82 Å². The molecule has 0 atom stereocenters. The van der Waals surface area contributed by atoms with Gasteiger partial charge in [0.1, 0.15) is 11.5 Å². The van der Waals surface area contributed by atoms with E-state index in [0.29, 0.717) is 29.2 Å². The van der Waals surface area contributed by atoms with Crippen LogP contribution < -0.4 is 10.6 Å². The zero-order valence-corrected chi connectivity index (χ0v) is 22.2. The number of piperidine rings is 1. The van der Waals surface area contributed by atoms with E-state index in [4.69, 9.17) is 0 Å². The molecule has 1 saturated heterocycles. The average Bonchev–Trinajstić information content (AvgIpc) is 3.52. The molecule has 0 aliphatic carbocycles. The van der Waals surface area contributed by atoms with Crippen molar-refractivity contribution >= 4 is 16.8 Å². The van der Waals surface area contributed by atoms with Crippen LogP contribution in [0.4, 0.5) is 0 Å². The number of rotatable bonds is 8. The van der Waals surface area contributed by atoms with E-state index in [9.17, 15) is 15.0 Å². The third-order valence-corrected chi connectivity index (χ3v) is 7.46. The van der Waals surface area contributed by atoms with Crippen molar-refractivity contribution in [1.82, 2.24) is 30.0 Å². The van der Waals surface area contributed by atoms with Crippen LogP contribution in [0, 0.1) is 5.92 Å². The van der Waals surface area contributed by atoms with Gasteiger partial charge in [0.05, 0.1) is 11.3 Å². The smallest absolute Gasteiger partial charge is 0.289 e. The highest BCUT2D eigenvalue weighted by atomic mass is 16.3. The first-order chi connectivity index (χ1) is 18.4. The lowest BCUT2D eigenvalue weighted by molar-refractivity contribution is 0.0943. The number of aryl methyl sites for hydroxylation is 1. The topological polar surface area (TPSA) is 117 Å². The van der Waals surface area contributed by atoms with Gasteiger partial charge in [-0.2, -0.15) is 0 Å². The third kappa shape index (κ3) is 4.98. The molecule has 0 unspecified atom stereocenters. The highest BCUT2D eigenvalue weighted by Gasteiger charge is 2.24. The molecule has 0 bridgehead atoms. The van der Waals surface area contributed by atoms with Crippen molar-refractivity contribution < 1.29 is 15.0 Å². The molecule has 1 fully saturated rings. The molecule has 1 amide bonds. The molecule has 0 spiro atoms. The van der Waals surface area contributed by atoms with Gasteiger partial charge in [-0.25, -0.2) is 0 Å². The molecule has 2 aromatic heterocycles. The maximum Gasteiger partial charge on any atom is 0.289 e. The van der Waals surface area contributed by atoms with E-state index in [0.717, 1.165) is 42.9 Å². The quantitative estimate of drug-likeness (QED) is 0.273. The summed E-state index contributed by atoms with van der Waals surface area (Å²) in [7, 11) is 0. The number of nitrogens with one attached hydrogen (secondary N) is 2. The van der Waals surface area contributed by atoms with E-state index in [1.54, 1.807) is 10.6 Å². The summed E-state index contributed by atoms with van der Waals surface area (Å²) in [6.07, 6.45) is 5.73. The Hall–Kier alpha value is -3.85. The van der Waals surface area contributed by atoms with Crippen LogP contribution in [-0.2, 0) is 6.54 Å². The molecule has 9 nitrogen and oxygen atoms in total. The highest BCUT2D eigenvalue weighted by molar-refractivity contribution is 5.93. The molecule has 2 aromatic carbocycles. The zero-order chi connectivity index (χ0) is 26.8. The van der Waals surface area contributed by atoms with Gasteiger partial charge >= 0.3 is 0 Å². The van der Waals surface area contributed by atoms with E-state index in [-0.39, 0.29) is 29.1 Å². The van der Waals surface area contributed by atoms with Crippen LogP contribution in [0.3, 0.4) is 0 Å². The van der Waals surface area contributed by atoms with Crippen LogP contribution in [-0.4, -0.2) is 55.1 Å². The van der Waals surface area contributed by atoms with Gasteiger partial charge in [-0.3, -0.25) is 9.36 Å². The number of carbonyl (C=O) groups excluding carboxylic acids is 1. The maximum absolute atomic E-state index is 13.0. The summed E-state index contributed by atoms with van der Waals surface area (Å²) < 4.78 is 3.96. The number of fused-ring (bicyclic) bond motifs is 1. The SMILES string of the molecule is CCNC(=O)c1nnc(-c2cc(C(C)C)c(O)cc2O)n1-c1ccc2c(ccn2CCC2CCNCC2)c1. The number of nitrogens with zero attached hydrogens (tertiary/aromatic N) is 4. The van der Waals surface area contributed by atoms with Crippen LogP contribution >= 0.6 is 0 Å². The van der Waals surface area contributed by atoms with E-state index in [2.05, 4.69) is 43.7 Å². The minimum atomic E-state index is -0.353. The molecular formula is C29H36N6O3. The number of benzene rings is 2. The number of phenols is 2. The third-order valence-electron chi connectivity index (χ3n) is 7.46. The second kappa shape index (κ2) is 10.9. The number of phenolic OH excluding ortho intramolecular Hbond substituents is 2. The van der Waals surface area contributed by atoms with Crippen LogP contribution in [0.5, 0.6) is 11.5 Å². The fraction of sp³-hybridized carbons (Fsp3) is 0.414. The minimum absolute atomic E-state index is 0.0171. The Balaban J connectivity index is 1.56. The standard InChI is InChI=1S/C29H36N6O3/c1-4-31-29(38)28-33-32-27(23-16-22(18(2)3)25(36)17-26(23)37)35(28)21-5-6-24-20(15-21)10-14-34(24)13-9-19-7-11-30-12-8-19/h5-6,10,14-19,30,36-37H,4,7-9,11-13H2,1-3H3,(H,31,38). The largest absolute Gasteiger partial charge is 0.508 e. The van der Waals surface area contributed by atoms with Gasteiger partial charge in [0.2, 0.25) is 5.82 Å².